The molecule has 0 amide bonds. The molecule has 1 aromatic carbocycles. The van der Waals surface area contributed by atoms with E-state index in [1.807, 2.05) is 13.8 Å². The van der Waals surface area contributed by atoms with Gasteiger partial charge in [0.2, 0.25) is 10.0 Å². The van der Waals surface area contributed by atoms with E-state index in [0.717, 1.165) is 25.0 Å². The molecule has 7 heteroatoms. The molecule has 0 atom stereocenters. The summed E-state index contributed by atoms with van der Waals surface area (Å²) in [5.74, 6) is -2.05. The minimum atomic E-state index is -4.02. The third-order valence-corrected chi connectivity index (χ3v) is 4.54. The highest BCUT2D eigenvalue weighted by Gasteiger charge is 2.23. The lowest BCUT2D eigenvalue weighted by molar-refractivity contribution is 0.476. The van der Waals surface area contributed by atoms with Crippen molar-refractivity contribution < 1.29 is 17.2 Å². The van der Waals surface area contributed by atoms with E-state index in [9.17, 15) is 17.2 Å². The summed E-state index contributed by atoms with van der Waals surface area (Å²) in [5, 5.41) is 0. The number of nitrogens with two attached hydrogens (primary N) is 1. The van der Waals surface area contributed by atoms with Gasteiger partial charge in [0, 0.05) is 6.54 Å². The number of sulfonamides is 1. The van der Waals surface area contributed by atoms with E-state index in [2.05, 4.69) is 4.72 Å². The molecule has 0 saturated heterocycles. The maximum atomic E-state index is 13.7. The van der Waals surface area contributed by atoms with Crippen LogP contribution < -0.4 is 10.5 Å². The molecule has 0 bridgehead atoms. The third-order valence-electron chi connectivity index (χ3n) is 3.10. The van der Waals surface area contributed by atoms with Crippen molar-refractivity contribution in [3.05, 3.63) is 23.8 Å². The monoisotopic (exact) mass is 292 g/mol. The van der Waals surface area contributed by atoms with Crippen molar-refractivity contribution in [1.82, 2.24) is 4.72 Å². The molecular formula is C12H18F2N2O2S. The average Bonchev–Trinajstić information content (AvgIpc) is 2.37. The molecule has 1 rings (SSSR count). The standard InChI is InChI=1S/C12H18F2N2O2S/c1-3-8(4-2)7-16-19(17,18)10-6-5-9(13)12(15)11(10)14/h5-6,8,16H,3-4,7,15H2,1-2H3. The highest BCUT2D eigenvalue weighted by atomic mass is 32.2. The van der Waals surface area contributed by atoms with E-state index in [-0.39, 0.29) is 12.5 Å². The summed E-state index contributed by atoms with van der Waals surface area (Å²) in [6.07, 6.45) is 1.63. The predicted octanol–water partition coefficient (Wildman–Crippen LogP) is 2.26. The summed E-state index contributed by atoms with van der Waals surface area (Å²) in [7, 11) is -4.02. The first-order chi connectivity index (χ1) is 8.83. The van der Waals surface area contributed by atoms with Crippen molar-refractivity contribution in [3.63, 3.8) is 0 Å². The van der Waals surface area contributed by atoms with Crippen LogP contribution in [0.15, 0.2) is 17.0 Å². The lowest BCUT2D eigenvalue weighted by Gasteiger charge is -2.14. The van der Waals surface area contributed by atoms with Gasteiger partial charge in [-0.1, -0.05) is 26.7 Å². The van der Waals surface area contributed by atoms with Gasteiger partial charge >= 0.3 is 0 Å². The van der Waals surface area contributed by atoms with Gasteiger partial charge < -0.3 is 5.73 Å². The SMILES string of the molecule is CCC(CC)CNS(=O)(=O)c1ccc(F)c(N)c1F. The van der Waals surface area contributed by atoms with E-state index < -0.39 is 32.2 Å². The Morgan fingerprint density at radius 1 is 1.26 bits per heavy atom. The molecule has 0 unspecified atom stereocenters. The number of benzene rings is 1. The molecule has 0 fully saturated rings. The second-order valence-electron chi connectivity index (χ2n) is 4.31. The Morgan fingerprint density at radius 3 is 2.37 bits per heavy atom. The van der Waals surface area contributed by atoms with Crippen molar-refractivity contribution >= 4 is 15.7 Å². The van der Waals surface area contributed by atoms with Crippen molar-refractivity contribution in [2.75, 3.05) is 12.3 Å². The number of hydrogen-bond acceptors (Lipinski definition) is 3. The van der Waals surface area contributed by atoms with Gasteiger partial charge in [0.25, 0.3) is 0 Å². The van der Waals surface area contributed by atoms with Crippen LogP contribution in [-0.4, -0.2) is 15.0 Å². The lowest BCUT2D eigenvalue weighted by atomic mass is 10.0. The second-order valence-corrected chi connectivity index (χ2v) is 6.04. The topological polar surface area (TPSA) is 72.2 Å². The van der Waals surface area contributed by atoms with E-state index in [0.29, 0.717) is 0 Å². The van der Waals surface area contributed by atoms with Gasteiger partial charge in [0.05, 0.1) is 0 Å². The minimum Gasteiger partial charge on any atom is -0.394 e. The van der Waals surface area contributed by atoms with Crippen LogP contribution in [0.2, 0.25) is 0 Å². The normalized spacial score (nSPS) is 12.1. The first-order valence-corrected chi connectivity index (χ1v) is 7.54. The Kier molecular flexibility index (Phi) is 5.25. The van der Waals surface area contributed by atoms with Crippen molar-refractivity contribution in [1.29, 1.82) is 0 Å². The molecule has 0 spiro atoms. The second kappa shape index (κ2) is 6.29. The first kappa shape index (κ1) is 15.8. The molecule has 1 aromatic rings. The highest BCUT2D eigenvalue weighted by molar-refractivity contribution is 7.89. The molecular weight excluding hydrogens is 274 g/mol. The van der Waals surface area contributed by atoms with Gasteiger partial charge in [-0.2, -0.15) is 0 Å². The van der Waals surface area contributed by atoms with Crippen LogP contribution in [0.5, 0.6) is 0 Å². The number of rotatable bonds is 6. The van der Waals surface area contributed by atoms with E-state index in [1.165, 1.54) is 0 Å². The van der Waals surface area contributed by atoms with E-state index in [4.69, 9.17) is 5.73 Å². The molecule has 3 N–H and O–H groups in total. The molecule has 0 heterocycles. The van der Waals surface area contributed by atoms with Crippen LogP contribution >= 0.6 is 0 Å². The van der Waals surface area contributed by atoms with Crippen LogP contribution in [0.3, 0.4) is 0 Å². The molecule has 0 aliphatic carbocycles. The lowest BCUT2D eigenvalue weighted by Crippen LogP contribution is -2.30. The number of nitrogens with one attached hydrogen (secondary N) is 1. The fourth-order valence-corrected chi connectivity index (χ4v) is 2.84. The summed E-state index contributed by atoms with van der Waals surface area (Å²) in [5.41, 5.74) is 4.36. The minimum absolute atomic E-state index is 0.177. The molecule has 4 nitrogen and oxygen atoms in total. The van der Waals surface area contributed by atoms with Gasteiger partial charge in [0.15, 0.2) is 5.82 Å². The molecule has 108 valence electrons. The molecule has 19 heavy (non-hydrogen) atoms. The van der Waals surface area contributed by atoms with Gasteiger partial charge in [-0.3, -0.25) is 0 Å². The Morgan fingerprint density at radius 2 is 1.84 bits per heavy atom. The number of nitrogen functional groups attached to an aromatic ring is 1. The maximum Gasteiger partial charge on any atom is 0.243 e. The largest absolute Gasteiger partial charge is 0.394 e. The molecule has 0 aliphatic heterocycles. The number of anilines is 1. The zero-order chi connectivity index (χ0) is 14.6. The van der Waals surface area contributed by atoms with Crippen molar-refractivity contribution in [2.24, 2.45) is 5.92 Å². The Hall–Kier alpha value is -1.21. The highest BCUT2D eigenvalue weighted by Crippen LogP contribution is 2.22. The Bertz CT molecular complexity index is 543. The van der Waals surface area contributed by atoms with Crippen LogP contribution in [0.4, 0.5) is 14.5 Å². The number of hydrogen-bond donors (Lipinski definition) is 2. The predicted molar refractivity (Wildman–Crippen MR) is 70.0 cm³/mol. The van der Waals surface area contributed by atoms with E-state index >= 15 is 0 Å². The Balaban J connectivity index is 2.98. The summed E-state index contributed by atoms with van der Waals surface area (Å²) in [6, 6.07) is 1.71. The van der Waals surface area contributed by atoms with Gasteiger partial charge in [0.1, 0.15) is 16.4 Å². The fraction of sp³-hybridized carbons (Fsp3) is 0.500. The van der Waals surface area contributed by atoms with Gasteiger partial charge in [-0.15, -0.1) is 0 Å². The van der Waals surface area contributed by atoms with Crippen LogP contribution in [0, 0.1) is 17.6 Å². The molecule has 0 radical (unpaired) electrons. The summed E-state index contributed by atoms with van der Waals surface area (Å²) >= 11 is 0. The zero-order valence-corrected chi connectivity index (χ0v) is 11.7. The smallest absolute Gasteiger partial charge is 0.243 e. The first-order valence-electron chi connectivity index (χ1n) is 6.06. The van der Waals surface area contributed by atoms with Crippen LogP contribution in [0.25, 0.3) is 0 Å². The summed E-state index contributed by atoms with van der Waals surface area (Å²) in [4.78, 5) is -0.627. The molecule has 0 aliphatic rings. The zero-order valence-electron chi connectivity index (χ0n) is 10.9. The van der Waals surface area contributed by atoms with Crippen LogP contribution in [0.1, 0.15) is 26.7 Å². The quantitative estimate of drug-likeness (QED) is 0.790. The summed E-state index contributed by atoms with van der Waals surface area (Å²) < 4.78 is 52.8. The molecule has 0 saturated carbocycles. The van der Waals surface area contributed by atoms with E-state index in [1.54, 1.807) is 0 Å². The van der Waals surface area contributed by atoms with Crippen LogP contribution in [-0.2, 0) is 10.0 Å². The third kappa shape index (κ3) is 3.63. The fourth-order valence-electron chi connectivity index (χ4n) is 1.64. The molecule has 0 aromatic heterocycles. The average molecular weight is 292 g/mol. The maximum absolute atomic E-state index is 13.7. The van der Waals surface area contributed by atoms with Crippen molar-refractivity contribution in [3.8, 4) is 0 Å². The Labute approximate surface area is 112 Å². The number of halogens is 2. The van der Waals surface area contributed by atoms with Gasteiger partial charge in [-0.25, -0.2) is 21.9 Å². The van der Waals surface area contributed by atoms with Gasteiger partial charge in [-0.05, 0) is 18.1 Å². The van der Waals surface area contributed by atoms with Crippen molar-refractivity contribution in [2.45, 2.75) is 31.6 Å². The summed E-state index contributed by atoms with van der Waals surface area (Å²) in [6.45, 7) is 4.10.